The summed E-state index contributed by atoms with van der Waals surface area (Å²) in [6, 6.07) is 0. The second-order valence-corrected chi connectivity index (χ2v) is 13.4. The highest BCUT2D eigenvalue weighted by Gasteiger charge is 2.53. The van der Waals surface area contributed by atoms with Crippen LogP contribution in [0.4, 0.5) is 0 Å². The topological polar surface area (TPSA) is 82.9 Å². The van der Waals surface area contributed by atoms with Crippen LogP contribution in [-0.2, 0) is 9.59 Å². The number of hydrogen-bond acceptors (Lipinski definition) is 4. The Bertz CT molecular complexity index is 775. The smallest absolute Gasteiger partial charge is 0.240 e. The third-order valence-electron chi connectivity index (χ3n) is 10.9. The van der Waals surface area contributed by atoms with Crippen molar-refractivity contribution >= 4 is 23.2 Å². The first-order chi connectivity index (χ1) is 16.3. The molecule has 0 radical (unpaired) electrons. The molecule has 0 heterocycles. The molecule has 2 N–H and O–H groups in total. The van der Waals surface area contributed by atoms with Crippen LogP contribution in [0, 0.1) is 46.3 Å². The summed E-state index contributed by atoms with van der Waals surface area (Å²) < 4.78 is 0. The molecule has 0 aromatic rings. The van der Waals surface area contributed by atoms with Crippen molar-refractivity contribution in [1.82, 2.24) is 10.9 Å². The zero-order valence-electron chi connectivity index (χ0n) is 21.1. The molecule has 0 aromatic carbocycles. The molecule has 8 fully saturated rings. The highest BCUT2D eigenvalue weighted by Crippen LogP contribution is 2.61. The van der Waals surface area contributed by atoms with Crippen molar-refractivity contribution in [1.29, 1.82) is 0 Å². The summed E-state index contributed by atoms with van der Waals surface area (Å²) in [6.07, 6.45) is 16.2. The number of carbonyl (C=O) groups excluding carboxylic acids is 2. The van der Waals surface area contributed by atoms with Crippen LogP contribution >= 0.6 is 0 Å². The zero-order chi connectivity index (χ0) is 23.5. The predicted octanol–water partition coefficient (Wildman–Crippen LogP) is 5.18. The molecule has 6 nitrogen and oxygen atoms in total. The van der Waals surface area contributed by atoms with Gasteiger partial charge in [0.1, 0.15) is 0 Å². The van der Waals surface area contributed by atoms with Gasteiger partial charge in [-0.3, -0.25) is 9.59 Å². The first-order valence-corrected chi connectivity index (χ1v) is 14.0. The maximum atomic E-state index is 12.4. The molecule has 0 spiro atoms. The zero-order valence-corrected chi connectivity index (χ0v) is 21.1. The van der Waals surface area contributed by atoms with Crippen LogP contribution in [0.25, 0.3) is 0 Å². The van der Waals surface area contributed by atoms with Crippen molar-refractivity contribution < 1.29 is 9.59 Å². The van der Waals surface area contributed by atoms with Crippen LogP contribution in [0.1, 0.15) is 104 Å². The Morgan fingerprint density at radius 1 is 0.588 bits per heavy atom. The Kier molecular flexibility index (Phi) is 5.64. The second kappa shape index (κ2) is 8.44. The summed E-state index contributed by atoms with van der Waals surface area (Å²) in [5.41, 5.74) is 8.12. The summed E-state index contributed by atoms with van der Waals surface area (Å²) in [5, 5.41) is 9.06. The maximum Gasteiger partial charge on any atom is 0.240 e. The van der Waals surface area contributed by atoms with Crippen LogP contribution in [0.5, 0.6) is 0 Å². The quantitative estimate of drug-likeness (QED) is 0.400. The van der Waals surface area contributed by atoms with Gasteiger partial charge in [-0.2, -0.15) is 10.2 Å². The Morgan fingerprint density at radius 3 is 1.12 bits per heavy atom. The lowest BCUT2D eigenvalue weighted by molar-refractivity contribution is -0.126. The van der Waals surface area contributed by atoms with Crippen LogP contribution in [0.15, 0.2) is 10.2 Å². The summed E-state index contributed by atoms with van der Waals surface area (Å²) in [5.74, 6) is 4.80. The molecule has 2 amide bonds. The van der Waals surface area contributed by atoms with E-state index >= 15 is 0 Å². The first-order valence-electron chi connectivity index (χ1n) is 14.0. The number of nitrogens with one attached hydrogen (secondary N) is 2. The van der Waals surface area contributed by atoms with Crippen LogP contribution in [0.3, 0.4) is 0 Å². The molecule has 0 aliphatic heterocycles. The third kappa shape index (κ3) is 4.13. The van der Waals surface area contributed by atoms with Crippen molar-refractivity contribution in [3.05, 3.63) is 0 Å². The van der Waals surface area contributed by atoms with E-state index in [9.17, 15) is 9.59 Å². The van der Waals surface area contributed by atoms with Crippen molar-refractivity contribution in [3.63, 3.8) is 0 Å². The van der Waals surface area contributed by atoms with E-state index in [0.29, 0.717) is 0 Å². The molecule has 0 atom stereocenters. The van der Waals surface area contributed by atoms with Gasteiger partial charge >= 0.3 is 0 Å². The van der Waals surface area contributed by atoms with Gasteiger partial charge in [0, 0.05) is 35.1 Å². The number of hydrogen-bond donors (Lipinski definition) is 2. The molecule has 8 bridgehead atoms. The van der Waals surface area contributed by atoms with Gasteiger partial charge in [0.2, 0.25) is 11.8 Å². The van der Waals surface area contributed by atoms with Gasteiger partial charge in [-0.1, -0.05) is 0 Å². The monoisotopic (exact) mass is 466 g/mol. The number of carbonyl (C=O) groups is 2. The van der Waals surface area contributed by atoms with Crippen LogP contribution in [0.2, 0.25) is 0 Å². The predicted molar refractivity (Wildman–Crippen MR) is 133 cm³/mol. The molecule has 0 aromatic heterocycles. The SMILES string of the molecule is C/C(=N\NC(=O)CCC(=O)N/N=C(\C)C12CC3CC(CC(C3)C1)C2)C12CC3CC(CC(C3)C1)C2. The molecule has 8 saturated carbocycles. The minimum atomic E-state index is -0.180. The highest BCUT2D eigenvalue weighted by molar-refractivity contribution is 5.91. The minimum Gasteiger partial charge on any atom is -0.273 e. The molecule has 0 saturated heterocycles. The van der Waals surface area contributed by atoms with E-state index in [4.69, 9.17) is 0 Å². The van der Waals surface area contributed by atoms with Gasteiger partial charge in [-0.25, -0.2) is 10.9 Å². The Balaban J connectivity index is 0.979. The van der Waals surface area contributed by atoms with Gasteiger partial charge in [0.05, 0.1) is 0 Å². The van der Waals surface area contributed by atoms with E-state index in [1.165, 1.54) is 77.0 Å². The lowest BCUT2D eigenvalue weighted by Crippen LogP contribution is -2.49. The average molecular weight is 467 g/mol. The summed E-state index contributed by atoms with van der Waals surface area (Å²) in [7, 11) is 0. The van der Waals surface area contributed by atoms with E-state index in [-0.39, 0.29) is 35.5 Å². The van der Waals surface area contributed by atoms with Crippen LogP contribution < -0.4 is 10.9 Å². The summed E-state index contributed by atoms with van der Waals surface area (Å²) in [6.45, 7) is 4.20. The van der Waals surface area contributed by atoms with Crippen molar-refractivity contribution in [2.24, 2.45) is 56.5 Å². The average Bonchev–Trinajstić information content (AvgIpc) is 2.77. The van der Waals surface area contributed by atoms with Crippen molar-refractivity contribution in [2.45, 2.75) is 104 Å². The van der Waals surface area contributed by atoms with Gasteiger partial charge in [0.25, 0.3) is 0 Å². The molecule has 34 heavy (non-hydrogen) atoms. The van der Waals surface area contributed by atoms with Crippen LogP contribution in [-0.4, -0.2) is 23.2 Å². The van der Waals surface area contributed by atoms with E-state index < -0.39 is 0 Å². The standard InChI is InChI=1S/C28H42N4O2/c1-17(27-11-19-5-20(12-27)7-21(6-19)13-27)29-31-25(33)3-4-26(34)32-30-18(2)28-14-22-8-23(15-28)10-24(9-22)16-28/h19-24H,3-16H2,1-2H3,(H,31,33)(H,32,34)/b29-17+,30-18+. The lowest BCUT2D eigenvalue weighted by Gasteiger charge is -2.56. The molecular formula is C28H42N4O2. The van der Waals surface area contributed by atoms with Gasteiger partial charge in [0.15, 0.2) is 0 Å². The number of nitrogens with zero attached hydrogens (tertiary/aromatic N) is 2. The molecule has 8 aliphatic carbocycles. The fraction of sp³-hybridized carbons (Fsp3) is 0.857. The molecule has 8 aliphatic rings. The largest absolute Gasteiger partial charge is 0.273 e. The van der Waals surface area contributed by atoms with Crippen molar-refractivity contribution in [3.8, 4) is 0 Å². The van der Waals surface area contributed by atoms with E-state index in [1.54, 1.807) is 0 Å². The maximum absolute atomic E-state index is 12.4. The Hall–Kier alpha value is -1.72. The van der Waals surface area contributed by atoms with E-state index in [2.05, 4.69) is 34.9 Å². The molecule has 6 heteroatoms. The molecule has 0 unspecified atom stereocenters. The number of rotatable bonds is 7. The minimum absolute atomic E-state index is 0.148. The highest BCUT2D eigenvalue weighted by atomic mass is 16.2. The molecular weight excluding hydrogens is 424 g/mol. The van der Waals surface area contributed by atoms with Crippen molar-refractivity contribution in [2.75, 3.05) is 0 Å². The molecule has 186 valence electrons. The number of hydrazone groups is 2. The van der Waals surface area contributed by atoms with Gasteiger partial charge in [-0.15, -0.1) is 0 Å². The number of amides is 2. The second-order valence-electron chi connectivity index (χ2n) is 13.4. The fourth-order valence-electron chi connectivity index (χ4n) is 9.98. The van der Waals surface area contributed by atoms with E-state index in [0.717, 1.165) is 46.9 Å². The Morgan fingerprint density at radius 2 is 0.853 bits per heavy atom. The lowest BCUT2D eigenvalue weighted by atomic mass is 9.48. The summed E-state index contributed by atoms with van der Waals surface area (Å²) >= 11 is 0. The Labute approximate surface area is 204 Å². The normalized spacial score (nSPS) is 44.4. The van der Waals surface area contributed by atoms with Gasteiger partial charge in [-0.05, 0) is 126 Å². The first kappa shape index (κ1) is 22.7. The van der Waals surface area contributed by atoms with Gasteiger partial charge < -0.3 is 0 Å². The summed E-state index contributed by atoms with van der Waals surface area (Å²) in [4.78, 5) is 24.8. The third-order valence-corrected chi connectivity index (χ3v) is 10.9. The fourth-order valence-corrected chi connectivity index (χ4v) is 9.98. The molecule has 8 rings (SSSR count). The van der Waals surface area contributed by atoms with E-state index in [1.807, 2.05) is 0 Å².